The van der Waals surface area contributed by atoms with E-state index >= 15 is 0 Å². The molecule has 20 nitrogen and oxygen atoms in total. The Morgan fingerprint density at radius 2 is 1.62 bits per heavy atom. The smallest absolute Gasteiger partial charge is 0.413 e. The number of carboxylic acid groups (broad SMARTS) is 1. The molecule has 1 saturated heterocycles. The van der Waals surface area contributed by atoms with Crippen LogP contribution in [0.1, 0.15) is 111 Å². The molecule has 3 heterocycles. The van der Waals surface area contributed by atoms with Crippen molar-refractivity contribution < 1.29 is 67.9 Å². The molecule has 0 unspecified atom stereocenters. The molecule has 5 amide bonds. The van der Waals surface area contributed by atoms with Crippen LogP contribution in [0.2, 0.25) is 0 Å². The summed E-state index contributed by atoms with van der Waals surface area (Å²) in [7, 11) is 0. The minimum Gasteiger partial charge on any atom is -0.481 e. The standard InChI is InChI=1S/C66H66N6O14S/c1-64-28-27-47(74)30-44(64)19-22-48-49-31-54-66(53(76)35-73,65(49,2)32-52(75)59(48)64)86-61(85-54)42-15-11-38(12-16-42)29-46-37-87-62(69-46)71-63(83)84-36-39-13-20-45(21-14-39)68-60(82)50(23-26-58(80)81)70-56(78)33-67-55(77)24-25-57(79)72-34-43-9-4-3-7-40(43)17-18-41-8-5-6-10-51(41)72/h3-16,20-21,27-28,30,37,48-50,52,54,59,61,73,75H,19,22-26,29,31-36H2,1-2H3,(H,67,77)(H,68,82)(H,70,78)(H,80,81)(H,69,71,83)/t48-,49-,50-,52-,54+,59+,61-,64-,65-,66+/m0/s1. The van der Waals surface area contributed by atoms with Gasteiger partial charge in [0, 0.05) is 70.2 Å². The molecule has 0 bridgehead atoms. The number of hydrogen-bond acceptors (Lipinski definition) is 15. The number of hydrogen-bond donors (Lipinski definition) is 7. The topological polar surface area (TPSA) is 289 Å². The van der Waals surface area contributed by atoms with E-state index in [0.717, 1.165) is 35.1 Å². The van der Waals surface area contributed by atoms with E-state index in [1.807, 2.05) is 79.0 Å². The number of nitrogens with zero attached hydrogens (tertiary/aromatic N) is 2. The summed E-state index contributed by atoms with van der Waals surface area (Å²) in [5, 5.41) is 44.2. The van der Waals surface area contributed by atoms with Crippen molar-refractivity contribution in [3.63, 3.8) is 0 Å². The van der Waals surface area contributed by atoms with Gasteiger partial charge in [-0.05, 0) is 103 Å². The second-order valence-corrected chi connectivity index (χ2v) is 24.4. The number of nitrogens with one attached hydrogen (secondary N) is 4. The fourth-order valence-corrected chi connectivity index (χ4v) is 14.8. The van der Waals surface area contributed by atoms with Crippen LogP contribution in [0.25, 0.3) is 0 Å². The van der Waals surface area contributed by atoms with Gasteiger partial charge in [-0.25, -0.2) is 9.78 Å². The number of ether oxygens (including phenoxy) is 3. The second-order valence-electron chi connectivity index (χ2n) is 23.5. The number of allylic oxidation sites excluding steroid dienone is 4. The van der Waals surface area contributed by atoms with E-state index in [1.165, 1.54) is 11.3 Å². The number of fused-ring (bicyclic) bond motifs is 9. The molecule has 1 aromatic heterocycles. The van der Waals surface area contributed by atoms with E-state index < -0.39 is 96.1 Å². The van der Waals surface area contributed by atoms with Crippen molar-refractivity contribution in [3.05, 3.63) is 165 Å². The molecule has 4 aromatic carbocycles. The Labute approximate surface area is 505 Å². The summed E-state index contributed by atoms with van der Waals surface area (Å²) >= 11 is 1.22. The summed E-state index contributed by atoms with van der Waals surface area (Å²) < 4.78 is 18.8. The van der Waals surface area contributed by atoms with E-state index in [4.69, 9.17) is 14.2 Å². The number of thiazole rings is 1. The largest absolute Gasteiger partial charge is 0.481 e. The zero-order valence-electron chi connectivity index (χ0n) is 47.9. The lowest BCUT2D eigenvalue weighted by Gasteiger charge is -2.59. The number of aliphatic hydroxyl groups is 2. The predicted molar refractivity (Wildman–Crippen MR) is 318 cm³/mol. The second kappa shape index (κ2) is 25.0. The highest BCUT2D eigenvalue weighted by molar-refractivity contribution is 7.13. The summed E-state index contributed by atoms with van der Waals surface area (Å²) in [4.78, 5) is 110. The van der Waals surface area contributed by atoms with Crippen molar-refractivity contribution >= 4 is 75.1 Å². The number of Topliss-reactive ketones (excluding diaryl/α,β-unsaturated/α-hetero) is 1. The average Bonchev–Trinajstić information content (AvgIpc) is 1.56. The van der Waals surface area contributed by atoms with Crippen LogP contribution in [0.4, 0.5) is 21.3 Å². The van der Waals surface area contributed by atoms with Crippen molar-refractivity contribution in [1.82, 2.24) is 15.6 Å². The highest BCUT2D eigenvalue weighted by atomic mass is 32.1. The first-order valence-corrected chi connectivity index (χ1v) is 30.0. The van der Waals surface area contributed by atoms with Crippen LogP contribution in [-0.2, 0) is 67.3 Å². The van der Waals surface area contributed by atoms with E-state index in [0.29, 0.717) is 51.7 Å². The lowest BCUT2D eigenvalue weighted by molar-refractivity contribution is -0.201. The van der Waals surface area contributed by atoms with Crippen molar-refractivity contribution in [2.24, 2.45) is 28.6 Å². The van der Waals surface area contributed by atoms with E-state index in [1.54, 1.807) is 53.5 Å². The summed E-state index contributed by atoms with van der Waals surface area (Å²) in [5.74, 6) is 2.13. The first-order valence-electron chi connectivity index (χ1n) is 29.1. The van der Waals surface area contributed by atoms with Gasteiger partial charge in [-0.15, -0.1) is 11.3 Å². The van der Waals surface area contributed by atoms with Gasteiger partial charge >= 0.3 is 12.1 Å². The molecular weight excluding hydrogens is 1130 g/mol. The van der Waals surface area contributed by atoms with Crippen LogP contribution < -0.4 is 26.2 Å². The van der Waals surface area contributed by atoms with Gasteiger partial charge in [0.1, 0.15) is 19.3 Å². The Bertz CT molecular complexity index is 3680. The summed E-state index contributed by atoms with van der Waals surface area (Å²) in [6.45, 7) is 2.96. The van der Waals surface area contributed by atoms with Gasteiger partial charge in [0.25, 0.3) is 0 Å². The molecule has 10 atom stereocenters. The van der Waals surface area contributed by atoms with Crippen LogP contribution in [0.3, 0.4) is 0 Å². The quantitative estimate of drug-likeness (QED) is 0.0402. The fourth-order valence-electron chi connectivity index (χ4n) is 14.1. The Balaban J connectivity index is 0.624. The molecule has 4 aliphatic carbocycles. The number of aliphatic carboxylic acids is 1. The van der Waals surface area contributed by atoms with Crippen LogP contribution in [0, 0.1) is 40.4 Å². The molecule has 2 aliphatic heterocycles. The van der Waals surface area contributed by atoms with Crippen LogP contribution >= 0.6 is 11.3 Å². The maximum Gasteiger partial charge on any atom is 0.413 e. The molecular formula is C66H66N6O14S. The van der Waals surface area contributed by atoms with Gasteiger partial charge < -0.3 is 50.4 Å². The van der Waals surface area contributed by atoms with Gasteiger partial charge in [0.15, 0.2) is 28.6 Å². The lowest BCUT2D eigenvalue weighted by Crippen LogP contribution is -2.63. The summed E-state index contributed by atoms with van der Waals surface area (Å²) in [6.07, 6.45) is 3.83. The zero-order chi connectivity index (χ0) is 61.2. The van der Waals surface area contributed by atoms with E-state index in [9.17, 15) is 53.7 Å². The van der Waals surface area contributed by atoms with Crippen LogP contribution in [0.5, 0.6) is 0 Å². The fraction of sp³-hybridized carbons (Fsp3) is 0.379. The molecule has 21 heteroatoms. The van der Waals surface area contributed by atoms with Gasteiger partial charge in [-0.2, -0.15) is 0 Å². The molecule has 7 N–H and O–H groups in total. The number of para-hydroxylation sites is 1. The Hall–Kier alpha value is -8.65. The molecule has 3 saturated carbocycles. The van der Waals surface area contributed by atoms with Crippen molar-refractivity contribution in [3.8, 4) is 11.8 Å². The number of carbonyl (C=O) groups excluding carboxylic acids is 7. The summed E-state index contributed by atoms with van der Waals surface area (Å²) in [6, 6.07) is 27.4. The number of rotatable bonds is 19. The molecule has 0 spiro atoms. The number of amides is 5. The third-order valence-corrected chi connectivity index (χ3v) is 19.1. The van der Waals surface area contributed by atoms with Gasteiger partial charge in [-0.1, -0.05) is 104 Å². The van der Waals surface area contributed by atoms with Gasteiger partial charge in [0.2, 0.25) is 23.6 Å². The monoisotopic (exact) mass is 1200 g/mol. The Kier molecular flexibility index (Phi) is 17.2. The molecule has 11 rings (SSSR count). The normalized spacial score (nSPS) is 25.8. The molecule has 87 heavy (non-hydrogen) atoms. The number of aliphatic hydroxyl groups excluding tert-OH is 2. The number of anilines is 3. The van der Waals surface area contributed by atoms with Gasteiger partial charge in [0.05, 0.1) is 36.7 Å². The first kappa shape index (κ1) is 60.1. The number of ketones is 2. The molecule has 4 fully saturated rings. The SMILES string of the molecule is C[C@]12C=CC(=O)C=C1CC[C@@H]1[C@@H]2[C@@H](O)C[C@@]2(C)[C@H]1C[C@H]1O[C@H](c3ccc(Cc4csc(NC(=O)OCc5ccc(NC(=O)[C@H](CCC(=O)O)NC(=O)CNC(=O)CCC(=O)N6Cc7ccccc7C#Cc7ccccc76)cc5)n4)cc3)O[C@]12C(=O)CO. The minimum atomic E-state index is -1.47. The number of carboxylic acids is 1. The number of benzene rings is 4. The van der Waals surface area contributed by atoms with E-state index in [-0.39, 0.29) is 68.3 Å². The highest BCUT2D eigenvalue weighted by Gasteiger charge is 2.76. The molecule has 450 valence electrons. The number of aromatic nitrogens is 1. The van der Waals surface area contributed by atoms with Gasteiger partial charge in [-0.3, -0.25) is 38.9 Å². The molecule has 0 radical (unpaired) electrons. The van der Waals surface area contributed by atoms with Crippen LogP contribution in [0.15, 0.2) is 126 Å². The van der Waals surface area contributed by atoms with Crippen molar-refractivity contribution in [2.75, 3.05) is 28.7 Å². The molecule has 5 aromatic rings. The first-order chi connectivity index (χ1) is 41.8. The Morgan fingerprint density at radius 3 is 2.39 bits per heavy atom. The van der Waals surface area contributed by atoms with Crippen LogP contribution in [-0.4, -0.2) is 105 Å². The van der Waals surface area contributed by atoms with Crippen molar-refractivity contribution in [2.45, 2.75) is 115 Å². The van der Waals surface area contributed by atoms with Crippen molar-refractivity contribution in [1.29, 1.82) is 0 Å². The zero-order valence-corrected chi connectivity index (χ0v) is 48.7. The maximum atomic E-state index is 14.0. The third-order valence-electron chi connectivity index (χ3n) is 18.3. The predicted octanol–water partition coefficient (Wildman–Crippen LogP) is 7.22. The lowest BCUT2D eigenvalue weighted by atomic mass is 9.46. The van der Waals surface area contributed by atoms with E-state index in [2.05, 4.69) is 45.0 Å². The third kappa shape index (κ3) is 12.2. The number of carbonyl (C=O) groups is 8. The molecule has 6 aliphatic rings. The maximum absolute atomic E-state index is 14.0. The average molecular weight is 1200 g/mol. The minimum absolute atomic E-state index is 0.0284. The highest BCUT2D eigenvalue weighted by Crippen LogP contribution is 2.70. The summed E-state index contributed by atoms with van der Waals surface area (Å²) in [5.41, 5.74) is 4.36. The Morgan fingerprint density at radius 1 is 0.885 bits per heavy atom.